The van der Waals surface area contributed by atoms with Crippen LogP contribution in [0.3, 0.4) is 0 Å². The monoisotopic (exact) mass is 247 g/mol. The number of nitrogens with zero attached hydrogens (tertiary/aromatic N) is 2. The molecule has 100 valence electrons. The Morgan fingerprint density at radius 3 is 2.72 bits per heavy atom. The van der Waals surface area contributed by atoms with E-state index in [2.05, 4.69) is 49.1 Å². The maximum absolute atomic E-state index is 4.26. The summed E-state index contributed by atoms with van der Waals surface area (Å²) in [5, 5.41) is 3.56. The number of anilines is 1. The summed E-state index contributed by atoms with van der Waals surface area (Å²) in [5.74, 6) is 0. The van der Waals surface area contributed by atoms with Gasteiger partial charge in [-0.1, -0.05) is 20.8 Å². The van der Waals surface area contributed by atoms with Crippen LogP contribution >= 0.6 is 0 Å². The molecular formula is C15H25N3. The van der Waals surface area contributed by atoms with E-state index >= 15 is 0 Å². The van der Waals surface area contributed by atoms with Crippen LogP contribution < -0.4 is 10.2 Å². The predicted octanol–water partition coefficient (Wildman–Crippen LogP) is 2.82. The quantitative estimate of drug-likeness (QED) is 0.867. The molecule has 1 N–H and O–H groups in total. The topological polar surface area (TPSA) is 28.2 Å². The average molecular weight is 247 g/mol. The summed E-state index contributed by atoms with van der Waals surface area (Å²) in [6.07, 6.45) is 6.53. The average Bonchev–Trinajstić information content (AvgIpc) is 3.08. The highest BCUT2D eigenvalue weighted by atomic mass is 15.1. The Morgan fingerprint density at radius 2 is 2.11 bits per heavy atom. The van der Waals surface area contributed by atoms with Crippen molar-refractivity contribution in [2.24, 2.45) is 5.41 Å². The number of pyridine rings is 1. The van der Waals surface area contributed by atoms with Crippen molar-refractivity contribution in [2.45, 2.75) is 46.2 Å². The van der Waals surface area contributed by atoms with Gasteiger partial charge in [-0.25, -0.2) is 0 Å². The summed E-state index contributed by atoms with van der Waals surface area (Å²) in [7, 11) is 2.17. The van der Waals surface area contributed by atoms with Crippen molar-refractivity contribution in [1.82, 2.24) is 10.3 Å². The number of aromatic nitrogens is 1. The summed E-state index contributed by atoms with van der Waals surface area (Å²) in [4.78, 5) is 6.59. The first kappa shape index (κ1) is 13.3. The molecule has 0 unspecified atom stereocenters. The summed E-state index contributed by atoms with van der Waals surface area (Å²) in [6.45, 7) is 8.79. The lowest BCUT2D eigenvalue weighted by molar-refractivity contribution is 0.418. The molecule has 1 heterocycles. The van der Waals surface area contributed by atoms with Crippen molar-refractivity contribution in [3.8, 4) is 0 Å². The van der Waals surface area contributed by atoms with Crippen LogP contribution in [0.5, 0.6) is 0 Å². The van der Waals surface area contributed by atoms with Gasteiger partial charge in [-0.3, -0.25) is 4.98 Å². The van der Waals surface area contributed by atoms with Crippen LogP contribution in [0.25, 0.3) is 0 Å². The van der Waals surface area contributed by atoms with Gasteiger partial charge in [0.25, 0.3) is 0 Å². The Labute approximate surface area is 111 Å². The van der Waals surface area contributed by atoms with Crippen molar-refractivity contribution in [3.05, 3.63) is 24.0 Å². The molecule has 18 heavy (non-hydrogen) atoms. The van der Waals surface area contributed by atoms with E-state index in [1.54, 1.807) is 0 Å². The molecule has 1 aliphatic carbocycles. The highest BCUT2D eigenvalue weighted by Crippen LogP contribution is 2.24. The molecule has 0 aromatic carbocycles. The van der Waals surface area contributed by atoms with Crippen LogP contribution in [0, 0.1) is 5.41 Å². The first-order chi connectivity index (χ1) is 8.46. The molecule has 0 aliphatic heterocycles. The fourth-order valence-corrected chi connectivity index (χ4v) is 2.27. The van der Waals surface area contributed by atoms with Crippen LogP contribution in [0.15, 0.2) is 18.5 Å². The lowest BCUT2D eigenvalue weighted by Crippen LogP contribution is -2.30. The maximum Gasteiger partial charge on any atom is 0.0440 e. The molecule has 0 amide bonds. The zero-order valence-electron chi connectivity index (χ0n) is 12.0. The molecule has 3 nitrogen and oxygen atoms in total. The third-order valence-corrected chi connectivity index (χ3v) is 3.16. The van der Waals surface area contributed by atoms with Crippen LogP contribution in [-0.2, 0) is 6.54 Å². The van der Waals surface area contributed by atoms with Gasteiger partial charge in [0.15, 0.2) is 0 Å². The number of hydrogen-bond acceptors (Lipinski definition) is 3. The van der Waals surface area contributed by atoms with Gasteiger partial charge < -0.3 is 10.2 Å². The molecule has 3 heteroatoms. The molecular weight excluding hydrogens is 222 g/mol. The second-order valence-corrected chi connectivity index (χ2v) is 6.58. The SMILES string of the molecule is CN(CC(C)(C)C)c1ccncc1CNC1CC1. The zero-order chi connectivity index (χ0) is 13.2. The molecule has 0 atom stereocenters. The minimum Gasteiger partial charge on any atom is -0.374 e. The minimum absolute atomic E-state index is 0.305. The van der Waals surface area contributed by atoms with E-state index in [-0.39, 0.29) is 0 Å². The fraction of sp³-hybridized carbons (Fsp3) is 0.667. The molecule has 1 aromatic rings. The van der Waals surface area contributed by atoms with Crippen molar-refractivity contribution < 1.29 is 0 Å². The highest BCUT2D eigenvalue weighted by Gasteiger charge is 2.21. The summed E-state index contributed by atoms with van der Waals surface area (Å²) in [6, 6.07) is 2.86. The largest absolute Gasteiger partial charge is 0.374 e. The molecule has 0 spiro atoms. The van der Waals surface area contributed by atoms with E-state index in [1.165, 1.54) is 24.1 Å². The molecule has 0 bridgehead atoms. The van der Waals surface area contributed by atoms with Crippen LogP contribution in [0.1, 0.15) is 39.2 Å². The minimum atomic E-state index is 0.305. The van der Waals surface area contributed by atoms with Gasteiger partial charge in [0.1, 0.15) is 0 Å². The van der Waals surface area contributed by atoms with E-state index in [0.29, 0.717) is 5.41 Å². The predicted molar refractivity (Wildman–Crippen MR) is 76.8 cm³/mol. The van der Waals surface area contributed by atoms with Gasteiger partial charge in [0.05, 0.1) is 0 Å². The van der Waals surface area contributed by atoms with Gasteiger partial charge in [-0.05, 0) is 24.3 Å². The molecule has 1 aromatic heterocycles. The third kappa shape index (κ3) is 3.98. The Kier molecular flexibility index (Phi) is 3.91. The molecule has 1 fully saturated rings. The van der Waals surface area contributed by atoms with Crippen LogP contribution in [0.2, 0.25) is 0 Å². The summed E-state index contributed by atoms with van der Waals surface area (Å²) < 4.78 is 0. The van der Waals surface area contributed by atoms with Crippen molar-refractivity contribution >= 4 is 5.69 Å². The van der Waals surface area contributed by atoms with Crippen LogP contribution in [-0.4, -0.2) is 24.6 Å². The molecule has 0 saturated heterocycles. The maximum atomic E-state index is 4.26. The summed E-state index contributed by atoms with van der Waals surface area (Å²) in [5.41, 5.74) is 2.91. The fourth-order valence-electron chi connectivity index (χ4n) is 2.27. The van der Waals surface area contributed by atoms with E-state index in [0.717, 1.165) is 19.1 Å². The first-order valence-corrected chi connectivity index (χ1v) is 6.83. The first-order valence-electron chi connectivity index (χ1n) is 6.83. The van der Waals surface area contributed by atoms with Crippen molar-refractivity contribution in [2.75, 3.05) is 18.5 Å². The molecule has 2 rings (SSSR count). The number of nitrogens with one attached hydrogen (secondary N) is 1. The van der Waals surface area contributed by atoms with Gasteiger partial charge in [-0.2, -0.15) is 0 Å². The Morgan fingerprint density at radius 1 is 1.39 bits per heavy atom. The van der Waals surface area contributed by atoms with Gasteiger partial charge >= 0.3 is 0 Å². The van der Waals surface area contributed by atoms with E-state index < -0.39 is 0 Å². The molecule has 1 saturated carbocycles. The standard InChI is InChI=1S/C15H25N3/c1-15(2,3)11-18(4)14-7-8-16-9-12(14)10-17-13-5-6-13/h7-9,13,17H,5-6,10-11H2,1-4H3. The number of hydrogen-bond donors (Lipinski definition) is 1. The summed E-state index contributed by atoms with van der Waals surface area (Å²) >= 11 is 0. The third-order valence-electron chi connectivity index (χ3n) is 3.16. The Balaban J connectivity index is 2.05. The normalized spacial score (nSPS) is 15.8. The van der Waals surface area contributed by atoms with E-state index in [1.807, 2.05) is 12.4 Å². The van der Waals surface area contributed by atoms with Gasteiger partial charge in [0.2, 0.25) is 0 Å². The molecule has 0 radical (unpaired) electrons. The second kappa shape index (κ2) is 5.27. The van der Waals surface area contributed by atoms with Crippen molar-refractivity contribution in [3.63, 3.8) is 0 Å². The van der Waals surface area contributed by atoms with E-state index in [4.69, 9.17) is 0 Å². The highest BCUT2D eigenvalue weighted by molar-refractivity contribution is 5.51. The molecule has 1 aliphatic rings. The smallest absolute Gasteiger partial charge is 0.0440 e. The Bertz CT molecular complexity index is 391. The second-order valence-electron chi connectivity index (χ2n) is 6.58. The van der Waals surface area contributed by atoms with Gasteiger partial charge in [-0.15, -0.1) is 0 Å². The van der Waals surface area contributed by atoms with Gasteiger partial charge in [0, 0.05) is 49.8 Å². The number of rotatable bonds is 5. The lowest BCUT2D eigenvalue weighted by Gasteiger charge is -2.29. The van der Waals surface area contributed by atoms with E-state index in [9.17, 15) is 0 Å². The Hall–Kier alpha value is -1.09. The zero-order valence-corrected chi connectivity index (χ0v) is 12.0. The lowest BCUT2D eigenvalue weighted by atomic mass is 9.96. The van der Waals surface area contributed by atoms with Crippen molar-refractivity contribution in [1.29, 1.82) is 0 Å². The van der Waals surface area contributed by atoms with Crippen LogP contribution in [0.4, 0.5) is 5.69 Å².